The highest BCUT2D eigenvalue weighted by molar-refractivity contribution is 5.68. The molecule has 1 aromatic rings. The minimum absolute atomic E-state index is 0.222. The largest absolute Gasteiger partial charge is 0.444 e. The summed E-state index contributed by atoms with van der Waals surface area (Å²) in [6.07, 6.45) is 1.61. The normalized spacial score (nSPS) is 19.9. The molecule has 1 aliphatic rings. The van der Waals surface area contributed by atoms with Gasteiger partial charge in [-0.3, -0.25) is 0 Å². The Hall–Kier alpha value is -1.56. The molecule has 1 N–H and O–H groups in total. The number of amides is 1. The molecule has 0 aliphatic carbocycles. The van der Waals surface area contributed by atoms with E-state index in [4.69, 9.17) is 9.26 Å². The highest BCUT2D eigenvalue weighted by Gasteiger charge is 2.30. The van der Waals surface area contributed by atoms with Gasteiger partial charge in [0.25, 0.3) is 0 Å². The predicted molar refractivity (Wildman–Crippen MR) is 88.5 cm³/mol. The third-order valence-corrected chi connectivity index (χ3v) is 4.05. The minimum atomic E-state index is -0.445. The second-order valence-corrected chi connectivity index (χ2v) is 7.49. The quantitative estimate of drug-likeness (QED) is 0.923. The van der Waals surface area contributed by atoms with E-state index in [2.05, 4.69) is 17.4 Å². The summed E-state index contributed by atoms with van der Waals surface area (Å²) in [7, 11) is 0. The summed E-state index contributed by atoms with van der Waals surface area (Å²) < 4.78 is 10.6. The molecule has 0 spiro atoms. The van der Waals surface area contributed by atoms with Gasteiger partial charge in [-0.05, 0) is 54.4 Å². The number of rotatable bonds is 4. The van der Waals surface area contributed by atoms with Crippen LogP contribution in [0.4, 0.5) is 4.79 Å². The van der Waals surface area contributed by atoms with Crippen LogP contribution in [0, 0.1) is 13.8 Å². The van der Waals surface area contributed by atoms with Gasteiger partial charge in [-0.25, -0.2) is 4.79 Å². The van der Waals surface area contributed by atoms with Gasteiger partial charge in [-0.15, -0.1) is 0 Å². The van der Waals surface area contributed by atoms with Gasteiger partial charge in [0, 0.05) is 30.7 Å². The van der Waals surface area contributed by atoms with Crippen molar-refractivity contribution in [3.63, 3.8) is 0 Å². The van der Waals surface area contributed by atoms with Crippen molar-refractivity contribution in [2.45, 2.75) is 72.1 Å². The monoisotopic (exact) mass is 323 g/mol. The molecule has 0 bridgehead atoms. The van der Waals surface area contributed by atoms with Crippen LogP contribution in [0.2, 0.25) is 0 Å². The van der Waals surface area contributed by atoms with Crippen molar-refractivity contribution in [3.8, 4) is 0 Å². The Morgan fingerprint density at radius 1 is 1.48 bits per heavy atom. The maximum Gasteiger partial charge on any atom is 0.410 e. The molecule has 2 rings (SSSR count). The topological polar surface area (TPSA) is 67.6 Å². The van der Waals surface area contributed by atoms with Crippen LogP contribution < -0.4 is 5.32 Å². The van der Waals surface area contributed by atoms with Crippen LogP contribution in [0.3, 0.4) is 0 Å². The lowest BCUT2D eigenvalue weighted by atomic mass is 10.0. The van der Waals surface area contributed by atoms with E-state index in [1.54, 1.807) is 4.90 Å². The molecule has 23 heavy (non-hydrogen) atoms. The van der Waals surface area contributed by atoms with E-state index >= 15 is 0 Å². The first-order valence-electron chi connectivity index (χ1n) is 8.31. The van der Waals surface area contributed by atoms with Crippen LogP contribution in [-0.4, -0.2) is 46.9 Å². The van der Waals surface area contributed by atoms with Crippen molar-refractivity contribution in [1.29, 1.82) is 0 Å². The van der Waals surface area contributed by atoms with Gasteiger partial charge < -0.3 is 19.5 Å². The van der Waals surface area contributed by atoms with E-state index in [1.807, 2.05) is 34.6 Å². The van der Waals surface area contributed by atoms with Crippen molar-refractivity contribution in [2.24, 2.45) is 0 Å². The molecule has 1 aromatic heterocycles. The number of carbonyl (C=O) groups excluding carboxylic acids is 1. The molecule has 2 atom stereocenters. The maximum absolute atomic E-state index is 12.1. The van der Waals surface area contributed by atoms with E-state index in [-0.39, 0.29) is 6.09 Å². The Kier molecular flexibility index (Phi) is 5.34. The van der Waals surface area contributed by atoms with Crippen LogP contribution in [0.5, 0.6) is 0 Å². The van der Waals surface area contributed by atoms with Crippen LogP contribution >= 0.6 is 0 Å². The van der Waals surface area contributed by atoms with Crippen LogP contribution in [0.25, 0.3) is 0 Å². The molecule has 1 aliphatic heterocycles. The maximum atomic E-state index is 12.1. The summed E-state index contributed by atoms with van der Waals surface area (Å²) in [5, 5.41) is 7.60. The summed E-state index contributed by atoms with van der Waals surface area (Å²) in [6.45, 7) is 13.2. The van der Waals surface area contributed by atoms with Crippen molar-refractivity contribution in [3.05, 3.63) is 17.0 Å². The Morgan fingerprint density at radius 2 is 2.17 bits per heavy atom. The number of likely N-dealkylation sites (tertiary alicyclic amines) is 1. The minimum Gasteiger partial charge on any atom is -0.444 e. The van der Waals surface area contributed by atoms with Crippen LogP contribution in [-0.2, 0) is 11.2 Å². The summed E-state index contributed by atoms with van der Waals surface area (Å²) in [5.74, 6) is 0.887. The van der Waals surface area contributed by atoms with E-state index in [1.165, 1.54) is 5.56 Å². The summed E-state index contributed by atoms with van der Waals surface area (Å²) in [5.41, 5.74) is 1.68. The Labute approximate surface area is 138 Å². The molecule has 2 heterocycles. The second-order valence-electron chi connectivity index (χ2n) is 7.49. The van der Waals surface area contributed by atoms with E-state index in [9.17, 15) is 4.79 Å². The third kappa shape index (κ3) is 4.96. The van der Waals surface area contributed by atoms with Crippen LogP contribution in [0.1, 0.15) is 51.1 Å². The number of hydrogen-bond acceptors (Lipinski definition) is 5. The first kappa shape index (κ1) is 17.8. The fraction of sp³-hybridized carbons (Fsp3) is 0.765. The lowest BCUT2D eigenvalue weighted by Crippen LogP contribution is -2.41. The number of aryl methyl sites for hydroxylation is 2. The zero-order chi connectivity index (χ0) is 17.2. The average molecular weight is 323 g/mol. The number of nitrogens with zero attached hydrogens (tertiary/aromatic N) is 2. The van der Waals surface area contributed by atoms with Gasteiger partial charge >= 0.3 is 6.09 Å². The Bertz CT molecular complexity index is 528. The van der Waals surface area contributed by atoms with Crippen LogP contribution in [0.15, 0.2) is 4.52 Å². The van der Waals surface area contributed by atoms with Gasteiger partial charge in [0.2, 0.25) is 0 Å². The highest BCUT2D eigenvalue weighted by Crippen LogP contribution is 2.18. The number of aromatic nitrogens is 1. The Balaban J connectivity index is 1.82. The zero-order valence-electron chi connectivity index (χ0n) is 15.1. The smallest absolute Gasteiger partial charge is 0.410 e. The Morgan fingerprint density at radius 3 is 2.74 bits per heavy atom. The molecule has 130 valence electrons. The third-order valence-electron chi connectivity index (χ3n) is 4.05. The molecule has 6 nitrogen and oxygen atoms in total. The lowest BCUT2D eigenvalue weighted by molar-refractivity contribution is 0.0290. The molecule has 0 unspecified atom stereocenters. The molecule has 1 amide bonds. The summed E-state index contributed by atoms with van der Waals surface area (Å²) >= 11 is 0. The number of ether oxygens (including phenoxy) is 1. The van der Waals surface area contributed by atoms with Gasteiger partial charge in [-0.1, -0.05) is 5.16 Å². The zero-order valence-corrected chi connectivity index (χ0v) is 15.1. The summed E-state index contributed by atoms with van der Waals surface area (Å²) in [6, 6.07) is 0.605. The van der Waals surface area contributed by atoms with Gasteiger partial charge in [0.15, 0.2) is 0 Å². The van der Waals surface area contributed by atoms with Crippen molar-refractivity contribution >= 4 is 6.09 Å². The van der Waals surface area contributed by atoms with E-state index in [0.29, 0.717) is 18.6 Å². The van der Waals surface area contributed by atoms with E-state index < -0.39 is 5.60 Å². The lowest BCUT2D eigenvalue weighted by Gasteiger charge is -2.25. The molecule has 1 saturated heterocycles. The SMILES string of the molecule is Cc1noc(C)c1C[C@@H](C)N[C@H]1CCN(C(=O)OC(C)(C)C)C1. The first-order valence-corrected chi connectivity index (χ1v) is 8.31. The molecule has 0 aromatic carbocycles. The second kappa shape index (κ2) is 6.91. The molecule has 6 heteroatoms. The predicted octanol–water partition coefficient (Wildman–Crippen LogP) is 2.82. The fourth-order valence-corrected chi connectivity index (χ4v) is 2.95. The summed E-state index contributed by atoms with van der Waals surface area (Å²) in [4.78, 5) is 13.9. The average Bonchev–Trinajstić information content (AvgIpc) is 2.99. The van der Waals surface area contributed by atoms with Crippen molar-refractivity contribution in [2.75, 3.05) is 13.1 Å². The van der Waals surface area contributed by atoms with Gasteiger partial charge in [0.05, 0.1) is 5.69 Å². The number of hydrogen-bond donors (Lipinski definition) is 1. The first-order chi connectivity index (χ1) is 10.7. The molecule has 1 fully saturated rings. The van der Waals surface area contributed by atoms with Crippen molar-refractivity contribution in [1.82, 2.24) is 15.4 Å². The standard InChI is InChI=1S/C17H29N3O3/c1-11(9-15-12(2)19-23-13(15)3)18-14-7-8-20(10-14)16(21)22-17(4,5)6/h11,14,18H,7-10H2,1-6H3/t11-,14+/m1/s1. The van der Waals surface area contributed by atoms with E-state index in [0.717, 1.165) is 30.8 Å². The van der Waals surface area contributed by atoms with Gasteiger partial charge in [-0.2, -0.15) is 0 Å². The molecule has 0 saturated carbocycles. The van der Waals surface area contributed by atoms with Gasteiger partial charge in [0.1, 0.15) is 11.4 Å². The number of carbonyl (C=O) groups is 1. The number of nitrogens with one attached hydrogen (secondary N) is 1. The van der Waals surface area contributed by atoms with Crippen molar-refractivity contribution < 1.29 is 14.1 Å². The highest BCUT2D eigenvalue weighted by atomic mass is 16.6. The molecular formula is C17H29N3O3. The fourth-order valence-electron chi connectivity index (χ4n) is 2.95. The molecule has 0 radical (unpaired) electrons. The molecular weight excluding hydrogens is 294 g/mol.